The largest absolute Gasteiger partial charge is 0.394 e. The summed E-state index contributed by atoms with van der Waals surface area (Å²) in [4.78, 5) is 0. The van der Waals surface area contributed by atoms with Crippen LogP contribution in [0.2, 0.25) is 0 Å². The van der Waals surface area contributed by atoms with E-state index in [-0.39, 0.29) is 13.2 Å². The average molecular weight is 266 g/mol. The van der Waals surface area contributed by atoms with Gasteiger partial charge in [-0.1, -0.05) is 26.2 Å². The van der Waals surface area contributed by atoms with Crippen LogP contribution in [0.4, 0.5) is 0 Å². The minimum absolute atomic E-state index is 0.0417. The Bertz CT molecular complexity index is 108. The number of methoxy groups -OCH3 is 1. The Morgan fingerprint density at radius 2 is 1.28 bits per heavy atom. The Balaban J connectivity index is 0. The molecule has 0 aromatic carbocycles. The Morgan fingerprint density at radius 3 is 1.67 bits per heavy atom. The Hall–Kier alpha value is -0.200. The molecule has 0 heterocycles. The molecule has 0 rings (SSSR count). The van der Waals surface area contributed by atoms with Crippen LogP contribution in [0.3, 0.4) is 0 Å². The first kappa shape index (κ1) is 20.1. The molecule has 2 N–H and O–H groups in total. The number of aliphatic hydroxyl groups is 2. The normalized spacial score (nSPS) is 10.0. The van der Waals surface area contributed by atoms with Crippen LogP contribution in [-0.4, -0.2) is 63.6 Å². The van der Waals surface area contributed by atoms with Gasteiger partial charge >= 0.3 is 0 Å². The Kier molecular flexibility index (Phi) is 24.6. The molecule has 0 aromatic rings. The highest BCUT2D eigenvalue weighted by atomic mass is 16.5. The summed E-state index contributed by atoms with van der Waals surface area (Å²) in [5.74, 6) is 0. The fourth-order valence-corrected chi connectivity index (χ4v) is 1.12. The Morgan fingerprint density at radius 1 is 0.722 bits per heavy atom. The fraction of sp³-hybridized carbons (Fsp3) is 1.00. The molecule has 0 saturated carbocycles. The van der Waals surface area contributed by atoms with Crippen LogP contribution in [0.5, 0.6) is 0 Å². The first-order valence-electron chi connectivity index (χ1n) is 6.69. The summed E-state index contributed by atoms with van der Waals surface area (Å²) in [6.07, 6.45) is 5.21. The van der Waals surface area contributed by atoms with Crippen molar-refractivity contribution < 1.29 is 24.4 Å². The lowest BCUT2D eigenvalue weighted by atomic mass is 10.2. The molecule has 0 unspecified atom stereocenters. The van der Waals surface area contributed by atoms with Crippen molar-refractivity contribution in [1.29, 1.82) is 0 Å². The quantitative estimate of drug-likeness (QED) is 0.520. The summed E-state index contributed by atoms with van der Waals surface area (Å²) < 4.78 is 14.6. The van der Waals surface area contributed by atoms with E-state index in [1.165, 1.54) is 25.7 Å². The third-order valence-electron chi connectivity index (χ3n) is 2.05. The van der Waals surface area contributed by atoms with Gasteiger partial charge in [0.1, 0.15) is 0 Å². The molecule has 0 aromatic heterocycles. The van der Waals surface area contributed by atoms with Gasteiger partial charge in [-0.05, 0) is 6.42 Å². The molecule has 0 bridgehead atoms. The SMILES string of the molecule is CCCCCCOC.OCCOCCOCCO. The standard InChI is InChI=1S/C7H16O.C6H14O4/c1-3-4-5-6-7-8-2;7-1-3-9-5-6-10-4-2-8/h3-7H2,1-2H3;7-8H,1-6H2. The number of unbranched alkanes of at least 4 members (excludes halogenated alkanes) is 3. The molecule has 0 aliphatic heterocycles. The number of aliphatic hydroxyl groups excluding tert-OH is 2. The van der Waals surface area contributed by atoms with E-state index in [0.29, 0.717) is 26.4 Å². The molecular formula is C13H30O5. The predicted octanol–water partition coefficient (Wildman–Crippen LogP) is 1.22. The maximum absolute atomic E-state index is 8.26. The highest BCUT2D eigenvalue weighted by molar-refractivity contribution is 4.37. The number of rotatable bonds is 12. The van der Waals surface area contributed by atoms with E-state index >= 15 is 0 Å². The lowest BCUT2D eigenvalue weighted by Crippen LogP contribution is -2.09. The van der Waals surface area contributed by atoms with Gasteiger partial charge < -0.3 is 24.4 Å². The predicted molar refractivity (Wildman–Crippen MR) is 71.8 cm³/mol. The van der Waals surface area contributed by atoms with Crippen LogP contribution in [0, 0.1) is 0 Å². The zero-order chi connectivity index (χ0) is 13.9. The van der Waals surface area contributed by atoms with Crippen molar-refractivity contribution in [2.75, 3.05) is 53.4 Å². The molecule has 0 aliphatic carbocycles. The van der Waals surface area contributed by atoms with E-state index in [9.17, 15) is 0 Å². The molecule has 5 heteroatoms. The van der Waals surface area contributed by atoms with Crippen LogP contribution < -0.4 is 0 Å². The average Bonchev–Trinajstić information content (AvgIpc) is 2.40. The molecule has 0 atom stereocenters. The van der Waals surface area contributed by atoms with Crippen LogP contribution in [-0.2, 0) is 14.2 Å². The van der Waals surface area contributed by atoms with E-state index in [1.807, 2.05) is 0 Å². The monoisotopic (exact) mass is 266 g/mol. The van der Waals surface area contributed by atoms with Gasteiger partial charge in [-0.15, -0.1) is 0 Å². The van der Waals surface area contributed by atoms with Gasteiger partial charge in [0.15, 0.2) is 0 Å². The number of hydrogen-bond donors (Lipinski definition) is 2. The van der Waals surface area contributed by atoms with Gasteiger partial charge in [-0.25, -0.2) is 0 Å². The number of hydrogen-bond acceptors (Lipinski definition) is 5. The molecule has 0 aliphatic rings. The second kappa shape index (κ2) is 22.0. The van der Waals surface area contributed by atoms with Crippen molar-refractivity contribution in [3.63, 3.8) is 0 Å². The van der Waals surface area contributed by atoms with Crippen molar-refractivity contribution in [1.82, 2.24) is 0 Å². The molecule has 112 valence electrons. The topological polar surface area (TPSA) is 68.2 Å². The van der Waals surface area contributed by atoms with Crippen LogP contribution in [0.1, 0.15) is 32.6 Å². The lowest BCUT2D eigenvalue weighted by Gasteiger charge is -2.01. The van der Waals surface area contributed by atoms with E-state index < -0.39 is 0 Å². The molecular weight excluding hydrogens is 236 g/mol. The van der Waals surface area contributed by atoms with Crippen molar-refractivity contribution >= 4 is 0 Å². The van der Waals surface area contributed by atoms with E-state index in [0.717, 1.165) is 6.61 Å². The summed E-state index contributed by atoms with van der Waals surface area (Å²) in [7, 11) is 1.76. The zero-order valence-corrected chi connectivity index (χ0v) is 11.9. The van der Waals surface area contributed by atoms with Gasteiger partial charge in [-0.2, -0.15) is 0 Å². The van der Waals surface area contributed by atoms with Crippen molar-refractivity contribution in [2.45, 2.75) is 32.6 Å². The number of ether oxygens (including phenoxy) is 3. The van der Waals surface area contributed by atoms with Gasteiger partial charge in [0, 0.05) is 13.7 Å². The summed E-state index contributed by atoms with van der Waals surface area (Å²) in [6.45, 7) is 4.87. The zero-order valence-electron chi connectivity index (χ0n) is 11.9. The third kappa shape index (κ3) is 24.9. The van der Waals surface area contributed by atoms with Crippen molar-refractivity contribution in [2.24, 2.45) is 0 Å². The summed E-state index contributed by atoms with van der Waals surface area (Å²) in [5.41, 5.74) is 0. The molecule has 5 nitrogen and oxygen atoms in total. The first-order valence-corrected chi connectivity index (χ1v) is 6.69. The van der Waals surface area contributed by atoms with Crippen LogP contribution in [0.15, 0.2) is 0 Å². The molecule has 18 heavy (non-hydrogen) atoms. The van der Waals surface area contributed by atoms with Gasteiger partial charge in [-0.3, -0.25) is 0 Å². The highest BCUT2D eigenvalue weighted by Gasteiger charge is 1.86. The minimum atomic E-state index is 0.0417. The lowest BCUT2D eigenvalue weighted by molar-refractivity contribution is 0.0222. The molecule has 0 fully saturated rings. The van der Waals surface area contributed by atoms with Crippen LogP contribution >= 0.6 is 0 Å². The van der Waals surface area contributed by atoms with E-state index in [1.54, 1.807) is 7.11 Å². The molecule has 0 amide bonds. The van der Waals surface area contributed by atoms with Crippen molar-refractivity contribution in [3.8, 4) is 0 Å². The van der Waals surface area contributed by atoms with Gasteiger partial charge in [0.25, 0.3) is 0 Å². The smallest absolute Gasteiger partial charge is 0.0701 e. The van der Waals surface area contributed by atoms with Crippen LogP contribution in [0.25, 0.3) is 0 Å². The summed E-state index contributed by atoms with van der Waals surface area (Å²) in [5, 5.41) is 16.5. The summed E-state index contributed by atoms with van der Waals surface area (Å²) in [6, 6.07) is 0. The minimum Gasteiger partial charge on any atom is -0.394 e. The Labute approximate surface area is 111 Å². The molecule has 0 saturated heterocycles. The molecule has 0 spiro atoms. The summed E-state index contributed by atoms with van der Waals surface area (Å²) >= 11 is 0. The van der Waals surface area contributed by atoms with E-state index in [2.05, 4.69) is 6.92 Å². The first-order chi connectivity index (χ1) is 8.83. The third-order valence-corrected chi connectivity index (χ3v) is 2.05. The van der Waals surface area contributed by atoms with Gasteiger partial charge in [0.2, 0.25) is 0 Å². The van der Waals surface area contributed by atoms with E-state index in [4.69, 9.17) is 24.4 Å². The second-order valence-electron chi connectivity index (χ2n) is 3.73. The maximum atomic E-state index is 8.26. The molecule has 0 radical (unpaired) electrons. The maximum Gasteiger partial charge on any atom is 0.0701 e. The fourth-order valence-electron chi connectivity index (χ4n) is 1.12. The van der Waals surface area contributed by atoms with Crippen molar-refractivity contribution in [3.05, 3.63) is 0 Å². The second-order valence-corrected chi connectivity index (χ2v) is 3.73. The van der Waals surface area contributed by atoms with Gasteiger partial charge in [0.05, 0.1) is 39.6 Å². The highest BCUT2D eigenvalue weighted by Crippen LogP contribution is 1.97.